The van der Waals surface area contributed by atoms with Gasteiger partial charge in [0.2, 0.25) is 0 Å². The van der Waals surface area contributed by atoms with Gasteiger partial charge in [0, 0.05) is 11.0 Å². The third kappa shape index (κ3) is 3.64. The maximum Gasteiger partial charge on any atom is 0.252 e. The number of nitrogens with one attached hydrogen (secondary N) is 1. The first-order chi connectivity index (χ1) is 7.00. The average molecular weight is 272 g/mol. The third-order valence-corrected chi connectivity index (χ3v) is 2.58. The second-order valence-electron chi connectivity index (χ2n) is 3.54. The molecule has 0 aliphatic carbocycles. The second-order valence-corrected chi connectivity index (χ2v) is 4.40. The average Bonchev–Trinajstić information content (AvgIpc) is 2.14. The zero-order valence-electron chi connectivity index (χ0n) is 8.75. The van der Waals surface area contributed by atoms with Crippen molar-refractivity contribution < 1.29 is 9.90 Å². The van der Waals surface area contributed by atoms with Crippen LogP contribution in [0.15, 0.2) is 22.7 Å². The van der Waals surface area contributed by atoms with E-state index >= 15 is 0 Å². The van der Waals surface area contributed by atoms with Crippen LogP contribution in [0, 0.1) is 6.92 Å². The lowest BCUT2D eigenvalue weighted by molar-refractivity contribution is 0.0923. The van der Waals surface area contributed by atoms with Gasteiger partial charge >= 0.3 is 0 Å². The fourth-order valence-corrected chi connectivity index (χ4v) is 1.81. The molecule has 0 saturated carbocycles. The molecule has 0 aliphatic rings. The van der Waals surface area contributed by atoms with Crippen molar-refractivity contribution in [2.45, 2.75) is 20.0 Å². The van der Waals surface area contributed by atoms with Crippen LogP contribution < -0.4 is 5.32 Å². The SMILES string of the molecule is Cc1ccc(C(=O)NC[C@@H](C)O)c(Br)c1. The number of hydrogen-bond acceptors (Lipinski definition) is 2. The number of aryl methyl sites for hydroxylation is 1. The molecule has 0 bridgehead atoms. The smallest absolute Gasteiger partial charge is 0.252 e. The fourth-order valence-electron chi connectivity index (χ4n) is 1.14. The Bertz CT molecular complexity index is 364. The minimum absolute atomic E-state index is 0.178. The van der Waals surface area contributed by atoms with Gasteiger partial charge in [-0.15, -0.1) is 0 Å². The highest BCUT2D eigenvalue weighted by molar-refractivity contribution is 9.10. The third-order valence-electron chi connectivity index (χ3n) is 1.93. The number of hydrogen-bond donors (Lipinski definition) is 2. The monoisotopic (exact) mass is 271 g/mol. The highest BCUT2D eigenvalue weighted by Gasteiger charge is 2.09. The van der Waals surface area contributed by atoms with E-state index in [0.29, 0.717) is 5.56 Å². The van der Waals surface area contributed by atoms with Gasteiger partial charge in [-0.3, -0.25) is 4.79 Å². The Balaban J connectivity index is 2.74. The topological polar surface area (TPSA) is 49.3 Å². The van der Waals surface area contributed by atoms with E-state index in [1.54, 1.807) is 13.0 Å². The summed E-state index contributed by atoms with van der Waals surface area (Å²) in [5.74, 6) is -0.178. The molecule has 0 unspecified atom stereocenters. The molecule has 2 N–H and O–H groups in total. The van der Waals surface area contributed by atoms with Gasteiger partial charge in [0.1, 0.15) is 0 Å². The molecule has 0 aromatic heterocycles. The van der Waals surface area contributed by atoms with Gasteiger partial charge in [0.05, 0.1) is 11.7 Å². The molecule has 0 heterocycles. The maximum absolute atomic E-state index is 11.6. The molecule has 0 spiro atoms. The maximum atomic E-state index is 11.6. The zero-order chi connectivity index (χ0) is 11.4. The van der Waals surface area contributed by atoms with Crippen LogP contribution in [0.5, 0.6) is 0 Å². The van der Waals surface area contributed by atoms with Crippen molar-refractivity contribution in [1.82, 2.24) is 5.32 Å². The zero-order valence-corrected chi connectivity index (χ0v) is 10.3. The minimum Gasteiger partial charge on any atom is -0.392 e. The number of rotatable bonds is 3. The molecule has 1 aromatic carbocycles. The van der Waals surface area contributed by atoms with Crippen molar-refractivity contribution in [3.63, 3.8) is 0 Å². The lowest BCUT2D eigenvalue weighted by Gasteiger charge is -2.08. The summed E-state index contributed by atoms with van der Waals surface area (Å²) < 4.78 is 0.769. The van der Waals surface area contributed by atoms with Crippen LogP contribution in [0.2, 0.25) is 0 Å². The van der Waals surface area contributed by atoms with Gasteiger partial charge in [-0.2, -0.15) is 0 Å². The first kappa shape index (κ1) is 12.2. The summed E-state index contributed by atoms with van der Waals surface area (Å²) >= 11 is 3.33. The van der Waals surface area contributed by atoms with E-state index in [1.807, 2.05) is 19.1 Å². The van der Waals surface area contributed by atoms with Crippen LogP contribution in [0.3, 0.4) is 0 Å². The Hall–Kier alpha value is -0.870. The van der Waals surface area contributed by atoms with Crippen LogP contribution in [-0.4, -0.2) is 23.7 Å². The van der Waals surface area contributed by atoms with Crippen molar-refractivity contribution in [1.29, 1.82) is 0 Å². The first-order valence-electron chi connectivity index (χ1n) is 4.73. The van der Waals surface area contributed by atoms with Crippen LogP contribution in [0.1, 0.15) is 22.8 Å². The van der Waals surface area contributed by atoms with Gasteiger partial charge in [-0.25, -0.2) is 0 Å². The van der Waals surface area contributed by atoms with Crippen molar-refractivity contribution >= 4 is 21.8 Å². The molecule has 1 atom stereocenters. The molecule has 4 heteroatoms. The molecule has 1 amide bonds. The van der Waals surface area contributed by atoms with E-state index in [2.05, 4.69) is 21.2 Å². The minimum atomic E-state index is -0.529. The van der Waals surface area contributed by atoms with Crippen molar-refractivity contribution in [3.05, 3.63) is 33.8 Å². The molecule has 15 heavy (non-hydrogen) atoms. The Kier molecular flexibility index (Phi) is 4.29. The van der Waals surface area contributed by atoms with Crippen LogP contribution >= 0.6 is 15.9 Å². The molecule has 0 aliphatic heterocycles. The Labute approximate surface area is 97.6 Å². The Morgan fingerprint density at radius 1 is 1.60 bits per heavy atom. The van der Waals surface area contributed by atoms with Crippen LogP contribution in [0.25, 0.3) is 0 Å². The van der Waals surface area contributed by atoms with E-state index in [9.17, 15) is 4.79 Å². The largest absolute Gasteiger partial charge is 0.392 e. The standard InChI is InChI=1S/C11H14BrNO2/c1-7-3-4-9(10(12)5-7)11(15)13-6-8(2)14/h3-5,8,14H,6H2,1-2H3,(H,13,15)/t8-/m1/s1. The lowest BCUT2D eigenvalue weighted by atomic mass is 10.1. The van der Waals surface area contributed by atoms with E-state index in [1.165, 1.54) is 0 Å². The Morgan fingerprint density at radius 3 is 2.80 bits per heavy atom. The highest BCUT2D eigenvalue weighted by atomic mass is 79.9. The van der Waals surface area contributed by atoms with E-state index in [4.69, 9.17) is 5.11 Å². The molecule has 0 radical (unpaired) electrons. The van der Waals surface area contributed by atoms with Crippen LogP contribution in [-0.2, 0) is 0 Å². The molecule has 82 valence electrons. The fraction of sp³-hybridized carbons (Fsp3) is 0.364. The summed E-state index contributed by atoms with van der Waals surface area (Å²) in [5, 5.41) is 11.7. The normalized spacial score (nSPS) is 12.3. The summed E-state index contributed by atoms with van der Waals surface area (Å²) in [6, 6.07) is 5.52. The summed E-state index contributed by atoms with van der Waals surface area (Å²) in [6.07, 6.45) is -0.529. The van der Waals surface area contributed by atoms with E-state index in [-0.39, 0.29) is 12.5 Å². The predicted molar refractivity (Wildman–Crippen MR) is 62.9 cm³/mol. The summed E-state index contributed by atoms with van der Waals surface area (Å²) in [7, 11) is 0. The molecule has 0 fully saturated rings. The Morgan fingerprint density at radius 2 is 2.27 bits per heavy atom. The van der Waals surface area contributed by atoms with Crippen molar-refractivity contribution in [2.75, 3.05) is 6.54 Å². The van der Waals surface area contributed by atoms with Gasteiger partial charge in [0.15, 0.2) is 0 Å². The molecule has 3 nitrogen and oxygen atoms in total. The van der Waals surface area contributed by atoms with Crippen molar-refractivity contribution in [2.24, 2.45) is 0 Å². The number of aliphatic hydroxyl groups is 1. The summed E-state index contributed by atoms with van der Waals surface area (Å²) in [4.78, 5) is 11.6. The molecule has 1 aromatic rings. The highest BCUT2D eigenvalue weighted by Crippen LogP contribution is 2.17. The van der Waals surface area contributed by atoms with E-state index < -0.39 is 6.10 Å². The number of carbonyl (C=O) groups is 1. The van der Waals surface area contributed by atoms with Gasteiger partial charge in [-0.1, -0.05) is 6.07 Å². The number of carbonyl (C=O) groups excluding carboxylic acids is 1. The molecule has 0 saturated heterocycles. The second kappa shape index (κ2) is 5.28. The quantitative estimate of drug-likeness (QED) is 0.882. The number of aliphatic hydroxyl groups excluding tert-OH is 1. The number of amides is 1. The number of benzene rings is 1. The van der Waals surface area contributed by atoms with Gasteiger partial charge < -0.3 is 10.4 Å². The summed E-state index contributed by atoms with van der Waals surface area (Å²) in [6.45, 7) is 3.85. The predicted octanol–water partition coefficient (Wildman–Crippen LogP) is 1.87. The van der Waals surface area contributed by atoms with Gasteiger partial charge in [0.25, 0.3) is 5.91 Å². The van der Waals surface area contributed by atoms with Gasteiger partial charge in [-0.05, 0) is 47.5 Å². The summed E-state index contributed by atoms with van der Waals surface area (Å²) in [5.41, 5.74) is 1.68. The molecule has 1 rings (SSSR count). The van der Waals surface area contributed by atoms with Crippen LogP contribution in [0.4, 0.5) is 0 Å². The first-order valence-corrected chi connectivity index (χ1v) is 5.52. The van der Waals surface area contributed by atoms with E-state index in [0.717, 1.165) is 10.0 Å². The molecular weight excluding hydrogens is 258 g/mol. The lowest BCUT2D eigenvalue weighted by Crippen LogP contribution is -2.30. The number of halogens is 1. The molecular formula is C11H14BrNO2. The van der Waals surface area contributed by atoms with Crippen molar-refractivity contribution in [3.8, 4) is 0 Å².